The zero-order valence-electron chi connectivity index (χ0n) is 12.1. The molecule has 0 heterocycles. The van der Waals surface area contributed by atoms with Crippen LogP contribution in [-0.4, -0.2) is 18.1 Å². The Morgan fingerprint density at radius 3 is 2.80 bits per heavy atom. The summed E-state index contributed by atoms with van der Waals surface area (Å²) in [7, 11) is 0. The number of carbonyl (C=O) groups is 1. The van der Waals surface area contributed by atoms with Crippen LogP contribution in [-0.2, 0) is 11.3 Å². The van der Waals surface area contributed by atoms with Crippen molar-refractivity contribution < 1.29 is 9.53 Å². The van der Waals surface area contributed by atoms with Crippen LogP contribution in [0, 0.1) is 17.2 Å². The third kappa shape index (κ3) is 4.25. The number of hydrogen-bond donors (Lipinski definition) is 2. The van der Waals surface area contributed by atoms with Crippen molar-refractivity contribution in [3.05, 3.63) is 29.8 Å². The van der Waals surface area contributed by atoms with Crippen molar-refractivity contribution in [2.45, 2.75) is 32.9 Å². The van der Waals surface area contributed by atoms with E-state index in [2.05, 4.69) is 11.4 Å². The molecule has 5 heteroatoms. The standard InChI is InChI=1S/C15H21N3O2/c1-11(2)15(3,10-17)18-14(19)9-20-13-6-4-5-12(7-13)8-16/h4-7,11H,8-9,16H2,1-3H3,(H,18,19). The Morgan fingerprint density at radius 1 is 1.55 bits per heavy atom. The Labute approximate surface area is 119 Å². The molecule has 1 aromatic rings. The number of benzene rings is 1. The van der Waals surface area contributed by atoms with Gasteiger partial charge in [0.05, 0.1) is 6.07 Å². The second-order valence-electron chi connectivity index (χ2n) is 5.16. The van der Waals surface area contributed by atoms with Crippen molar-refractivity contribution in [2.75, 3.05) is 6.61 Å². The lowest BCUT2D eigenvalue weighted by molar-refractivity contribution is -0.124. The summed E-state index contributed by atoms with van der Waals surface area (Å²) >= 11 is 0. The number of ether oxygens (including phenoxy) is 1. The van der Waals surface area contributed by atoms with Gasteiger partial charge in [-0.2, -0.15) is 5.26 Å². The Bertz CT molecular complexity index is 508. The molecule has 0 fully saturated rings. The van der Waals surface area contributed by atoms with Gasteiger partial charge >= 0.3 is 0 Å². The summed E-state index contributed by atoms with van der Waals surface area (Å²) in [5.41, 5.74) is 5.59. The number of nitrogens with one attached hydrogen (secondary N) is 1. The van der Waals surface area contributed by atoms with E-state index < -0.39 is 5.54 Å². The van der Waals surface area contributed by atoms with Crippen LogP contribution in [0.5, 0.6) is 5.75 Å². The van der Waals surface area contributed by atoms with E-state index in [-0.39, 0.29) is 18.4 Å². The fourth-order valence-electron chi connectivity index (χ4n) is 1.54. The van der Waals surface area contributed by atoms with Gasteiger partial charge in [0.1, 0.15) is 11.3 Å². The highest BCUT2D eigenvalue weighted by atomic mass is 16.5. The minimum atomic E-state index is -0.889. The summed E-state index contributed by atoms with van der Waals surface area (Å²) < 4.78 is 5.40. The van der Waals surface area contributed by atoms with E-state index in [4.69, 9.17) is 15.7 Å². The maximum atomic E-state index is 11.8. The Hall–Kier alpha value is -2.06. The molecule has 0 radical (unpaired) electrons. The van der Waals surface area contributed by atoms with Gasteiger partial charge in [-0.1, -0.05) is 26.0 Å². The van der Waals surface area contributed by atoms with Crippen LogP contribution < -0.4 is 15.8 Å². The topological polar surface area (TPSA) is 88.1 Å². The summed E-state index contributed by atoms with van der Waals surface area (Å²) in [6.07, 6.45) is 0. The predicted molar refractivity (Wildman–Crippen MR) is 76.8 cm³/mol. The second kappa shape index (κ2) is 6.92. The summed E-state index contributed by atoms with van der Waals surface area (Å²) in [6, 6.07) is 9.38. The average Bonchev–Trinajstić information content (AvgIpc) is 2.45. The average molecular weight is 275 g/mol. The smallest absolute Gasteiger partial charge is 0.259 e. The van der Waals surface area contributed by atoms with Gasteiger partial charge in [0, 0.05) is 6.54 Å². The summed E-state index contributed by atoms with van der Waals surface area (Å²) in [5, 5.41) is 11.8. The quantitative estimate of drug-likeness (QED) is 0.825. The van der Waals surface area contributed by atoms with Crippen LogP contribution in [0.3, 0.4) is 0 Å². The number of amides is 1. The number of nitrogens with two attached hydrogens (primary N) is 1. The molecule has 1 rings (SSSR count). The van der Waals surface area contributed by atoms with Gasteiger partial charge in [0.2, 0.25) is 0 Å². The Kier molecular flexibility index (Phi) is 5.53. The molecular weight excluding hydrogens is 254 g/mol. The van der Waals surface area contributed by atoms with Crippen LogP contribution in [0.15, 0.2) is 24.3 Å². The van der Waals surface area contributed by atoms with Crippen molar-refractivity contribution in [3.8, 4) is 11.8 Å². The molecule has 108 valence electrons. The van der Waals surface area contributed by atoms with E-state index in [1.54, 1.807) is 19.1 Å². The number of nitriles is 1. The number of hydrogen-bond acceptors (Lipinski definition) is 4. The summed E-state index contributed by atoms with van der Waals surface area (Å²) in [5.74, 6) is 0.282. The Balaban J connectivity index is 2.57. The SMILES string of the molecule is CC(C)C(C)(C#N)NC(=O)COc1cccc(CN)c1. The van der Waals surface area contributed by atoms with Crippen molar-refractivity contribution in [1.82, 2.24) is 5.32 Å². The van der Waals surface area contributed by atoms with E-state index in [0.29, 0.717) is 12.3 Å². The minimum Gasteiger partial charge on any atom is -0.484 e. The lowest BCUT2D eigenvalue weighted by Crippen LogP contribution is -2.50. The third-order valence-electron chi connectivity index (χ3n) is 3.29. The van der Waals surface area contributed by atoms with Gasteiger partial charge in [-0.05, 0) is 30.5 Å². The van der Waals surface area contributed by atoms with Crippen molar-refractivity contribution in [2.24, 2.45) is 11.7 Å². The fourth-order valence-corrected chi connectivity index (χ4v) is 1.54. The van der Waals surface area contributed by atoms with Crippen LogP contribution in [0.25, 0.3) is 0 Å². The molecule has 1 aromatic carbocycles. The van der Waals surface area contributed by atoms with Gasteiger partial charge in [-0.25, -0.2) is 0 Å². The second-order valence-corrected chi connectivity index (χ2v) is 5.16. The molecule has 0 aliphatic rings. The molecule has 3 N–H and O–H groups in total. The largest absolute Gasteiger partial charge is 0.484 e. The zero-order valence-corrected chi connectivity index (χ0v) is 12.1. The summed E-state index contributed by atoms with van der Waals surface area (Å²) in [4.78, 5) is 11.8. The molecule has 1 unspecified atom stereocenters. The highest BCUT2D eigenvalue weighted by Crippen LogP contribution is 2.16. The van der Waals surface area contributed by atoms with Crippen molar-refractivity contribution >= 4 is 5.91 Å². The number of carbonyl (C=O) groups excluding carboxylic acids is 1. The molecule has 0 saturated carbocycles. The lowest BCUT2D eigenvalue weighted by Gasteiger charge is -2.27. The van der Waals surface area contributed by atoms with Crippen LogP contribution >= 0.6 is 0 Å². The molecule has 1 atom stereocenters. The van der Waals surface area contributed by atoms with Gasteiger partial charge in [-0.3, -0.25) is 4.79 Å². The first kappa shape index (κ1) is 16.0. The molecule has 0 aliphatic heterocycles. The lowest BCUT2D eigenvalue weighted by atomic mass is 9.90. The minimum absolute atomic E-state index is 0.0111. The van der Waals surface area contributed by atoms with Crippen molar-refractivity contribution in [1.29, 1.82) is 5.26 Å². The van der Waals surface area contributed by atoms with Gasteiger partial charge < -0.3 is 15.8 Å². The third-order valence-corrected chi connectivity index (χ3v) is 3.29. The van der Waals surface area contributed by atoms with E-state index in [1.807, 2.05) is 26.0 Å². The zero-order chi connectivity index (χ0) is 15.2. The first-order valence-electron chi connectivity index (χ1n) is 6.55. The fraction of sp³-hybridized carbons (Fsp3) is 0.467. The van der Waals surface area contributed by atoms with E-state index in [1.165, 1.54) is 0 Å². The van der Waals surface area contributed by atoms with Gasteiger partial charge in [0.15, 0.2) is 6.61 Å². The summed E-state index contributed by atoms with van der Waals surface area (Å²) in [6.45, 7) is 5.76. The van der Waals surface area contributed by atoms with Crippen LogP contribution in [0.4, 0.5) is 0 Å². The number of nitrogens with zero attached hydrogens (tertiary/aromatic N) is 1. The van der Waals surface area contributed by atoms with Gasteiger partial charge in [0.25, 0.3) is 5.91 Å². The van der Waals surface area contributed by atoms with E-state index in [0.717, 1.165) is 5.56 Å². The molecule has 0 aliphatic carbocycles. The van der Waals surface area contributed by atoms with E-state index in [9.17, 15) is 4.79 Å². The number of rotatable bonds is 6. The highest BCUT2D eigenvalue weighted by molar-refractivity contribution is 5.78. The molecule has 0 aromatic heterocycles. The molecule has 1 amide bonds. The normalized spacial score (nSPS) is 13.4. The Morgan fingerprint density at radius 2 is 2.25 bits per heavy atom. The van der Waals surface area contributed by atoms with Crippen molar-refractivity contribution in [3.63, 3.8) is 0 Å². The van der Waals surface area contributed by atoms with Crippen LogP contribution in [0.1, 0.15) is 26.3 Å². The molecule has 5 nitrogen and oxygen atoms in total. The van der Waals surface area contributed by atoms with E-state index >= 15 is 0 Å². The van der Waals surface area contributed by atoms with Gasteiger partial charge in [-0.15, -0.1) is 0 Å². The molecular formula is C15H21N3O2. The molecule has 0 bridgehead atoms. The highest BCUT2D eigenvalue weighted by Gasteiger charge is 2.29. The first-order valence-corrected chi connectivity index (χ1v) is 6.55. The van der Waals surface area contributed by atoms with Crippen LogP contribution in [0.2, 0.25) is 0 Å². The molecule has 20 heavy (non-hydrogen) atoms. The molecule has 0 saturated heterocycles. The maximum absolute atomic E-state index is 11.8. The first-order chi connectivity index (χ1) is 9.41. The monoisotopic (exact) mass is 275 g/mol. The maximum Gasteiger partial charge on any atom is 0.259 e. The molecule has 0 spiro atoms. The predicted octanol–water partition coefficient (Wildman–Crippen LogP) is 1.58.